The van der Waals surface area contributed by atoms with Crippen LogP contribution in [0, 0.1) is 11.6 Å². The van der Waals surface area contributed by atoms with Crippen LogP contribution >= 0.6 is 0 Å². The zero-order chi connectivity index (χ0) is 17.1. The van der Waals surface area contributed by atoms with Crippen LogP contribution in [-0.4, -0.2) is 32.9 Å². The van der Waals surface area contributed by atoms with E-state index in [0.29, 0.717) is 41.5 Å². The number of halogens is 2. The molecule has 4 nitrogen and oxygen atoms in total. The van der Waals surface area contributed by atoms with Gasteiger partial charge >= 0.3 is 0 Å². The van der Waals surface area contributed by atoms with Gasteiger partial charge in [0.1, 0.15) is 5.69 Å². The predicted molar refractivity (Wildman–Crippen MR) is 89.1 cm³/mol. The van der Waals surface area contributed by atoms with Crippen molar-refractivity contribution in [3.63, 3.8) is 0 Å². The summed E-state index contributed by atoms with van der Waals surface area (Å²) in [7, 11) is 0. The van der Waals surface area contributed by atoms with Crippen molar-refractivity contribution in [2.45, 2.75) is 25.4 Å². The number of carbonyl (C=O) groups is 1. The Hall–Kier alpha value is -2.76. The molecule has 2 aliphatic rings. The number of aromatic nitrogens is 2. The highest BCUT2D eigenvalue weighted by molar-refractivity contribution is 6.09. The van der Waals surface area contributed by atoms with E-state index in [1.165, 1.54) is 6.07 Å². The molecule has 0 saturated heterocycles. The van der Waals surface area contributed by atoms with Crippen LogP contribution in [0.5, 0.6) is 0 Å². The maximum Gasteiger partial charge on any atom is 0.271 e. The van der Waals surface area contributed by atoms with Crippen LogP contribution in [-0.2, 0) is 6.54 Å². The molecule has 1 fully saturated rings. The molecule has 0 atom stereocenters. The normalized spacial score (nSPS) is 17.2. The van der Waals surface area contributed by atoms with Crippen molar-refractivity contribution in [2.24, 2.45) is 0 Å². The number of hydrogen-bond acceptors (Lipinski definition) is 2. The van der Waals surface area contributed by atoms with Crippen LogP contribution in [0.3, 0.4) is 0 Å². The fourth-order valence-corrected chi connectivity index (χ4v) is 3.73. The van der Waals surface area contributed by atoms with Crippen molar-refractivity contribution in [2.75, 3.05) is 6.54 Å². The molecule has 3 aromatic rings. The Morgan fingerprint density at radius 3 is 2.68 bits per heavy atom. The molecule has 6 heteroatoms. The molecule has 5 rings (SSSR count). The number of nitrogens with zero attached hydrogens (tertiary/aromatic N) is 3. The standard InChI is InChI=1S/C19H15F2N3O/c20-13-6-3-11(10-14(13)21)16-17-15(2-1-7-22-17)24-9-8-23(12-4-5-12)19(25)18(16)24/h1-3,6-7,10,12H,4-5,8-9H2. The minimum Gasteiger partial charge on any atom is -0.333 e. The maximum atomic E-state index is 13.8. The number of hydrogen-bond donors (Lipinski definition) is 0. The first kappa shape index (κ1) is 14.6. The van der Waals surface area contributed by atoms with Gasteiger partial charge in [0.05, 0.1) is 11.0 Å². The van der Waals surface area contributed by atoms with E-state index in [-0.39, 0.29) is 5.91 Å². The average molecular weight is 339 g/mol. The van der Waals surface area contributed by atoms with E-state index >= 15 is 0 Å². The first-order valence-electron chi connectivity index (χ1n) is 8.39. The molecule has 1 aliphatic carbocycles. The molecule has 0 N–H and O–H groups in total. The van der Waals surface area contributed by atoms with Crippen molar-refractivity contribution in [1.82, 2.24) is 14.5 Å². The van der Waals surface area contributed by atoms with E-state index in [9.17, 15) is 13.6 Å². The minimum atomic E-state index is -0.927. The molecule has 1 aliphatic heterocycles. The van der Waals surface area contributed by atoms with E-state index in [2.05, 4.69) is 4.98 Å². The molecule has 1 saturated carbocycles. The topological polar surface area (TPSA) is 38.1 Å². The third-order valence-corrected chi connectivity index (χ3v) is 5.04. The van der Waals surface area contributed by atoms with Crippen LogP contribution in [0.15, 0.2) is 36.5 Å². The van der Waals surface area contributed by atoms with Crippen LogP contribution in [0.2, 0.25) is 0 Å². The zero-order valence-corrected chi connectivity index (χ0v) is 13.4. The van der Waals surface area contributed by atoms with Crippen molar-refractivity contribution >= 4 is 16.9 Å². The van der Waals surface area contributed by atoms with Crippen molar-refractivity contribution < 1.29 is 13.6 Å². The summed E-state index contributed by atoms with van der Waals surface area (Å²) in [6, 6.07) is 7.78. The number of amides is 1. The number of pyridine rings is 1. The van der Waals surface area contributed by atoms with Gasteiger partial charge in [0.2, 0.25) is 0 Å². The molecule has 1 amide bonds. The van der Waals surface area contributed by atoms with E-state index in [1.807, 2.05) is 21.6 Å². The summed E-state index contributed by atoms with van der Waals surface area (Å²) >= 11 is 0. The van der Waals surface area contributed by atoms with Gasteiger partial charge in [0.25, 0.3) is 5.91 Å². The predicted octanol–water partition coefficient (Wildman–Crippen LogP) is 3.60. The van der Waals surface area contributed by atoms with E-state index in [1.54, 1.807) is 6.20 Å². The molecular formula is C19H15F2N3O. The molecule has 3 heterocycles. The number of rotatable bonds is 2. The summed E-state index contributed by atoms with van der Waals surface area (Å²) in [5.41, 5.74) is 3.08. The van der Waals surface area contributed by atoms with Gasteiger partial charge in [-0.1, -0.05) is 6.07 Å². The molecule has 126 valence electrons. The molecule has 1 aromatic carbocycles. The Labute approximate surface area is 142 Å². The lowest BCUT2D eigenvalue weighted by molar-refractivity contribution is 0.0694. The largest absolute Gasteiger partial charge is 0.333 e. The highest BCUT2D eigenvalue weighted by Gasteiger charge is 2.39. The van der Waals surface area contributed by atoms with Gasteiger partial charge in [0, 0.05) is 30.9 Å². The van der Waals surface area contributed by atoms with Gasteiger partial charge in [-0.05, 0) is 42.7 Å². The highest BCUT2D eigenvalue weighted by atomic mass is 19.2. The summed E-state index contributed by atoms with van der Waals surface area (Å²) in [4.78, 5) is 19.5. The van der Waals surface area contributed by atoms with E-state index in [0.717, 1.165) is 30.5 Å². The Bertz CT molecular complexity index is 1020. The lowest BCUT2D eigenvalue weighted by Gasteiger charge is -2.29. The van der Waals surface area contributed by atoms with Gasteiger partial charge < -0.3 is 9.47 Å². The van der Waals surface area contributed by atoms with Crippen molar-refractivity contribution in [3.8, 4) is 11.1 Å². The first-order chi connectivity index (χ1) is 12.1. The average Bonchev–Trinajstić information content (AvgIpc) is 3.40. The van der Waals surface area contributed by atoms with Gasteiger partial charge in [0.15, 0.2) is 11.6 Å². The summed E-state index contributed by atoms with van der Waals surface area (Å²) < 4.78 is 29.2. The smallest absolute Gasteiger partial charge is 0.271 e. The molecule has 0 spiro atoms. The van der Waals surface area contributed by atoms with Crippen LogP contribution in [0.25, 0.3) is 22.2 Å². The summed E-state index contributed by atoms with van der Waals surface area (Å²) in [5.74, 6) is -1.88. The van der Waals surface area contributed by atoms with Gasteiger partial charge in [-0.2, -0.15) is 0 Å². The zero-order valence-electron chi connectivity index (χ0n) is 13.4. The number of carbonyl (C=O) groups excluding carboxylic acids is 1. The van der Waals surface area contributed by atoms with E-state index < -0.39 is 11.6 Å². The summed E-state index contributed by atoms with van der Waals surface area (Å²) in [6.07, 6.45) is 3.72. The monoisotopic (exact) mass is 339 g/mol. The SMILES string of the molecule is O=C1c2c(-c3ccc(F)c(F)c3)c3ncccc3n2CCN1C1CC1. The molecule has 0 radical (unpaired) electrons. The molecular weight excluding hydrogens is 324 g/mol. The fraction of sp³-hybridized carbons (Fsp3) is 0.263. The number of benzene rings is 1. The van der Waals surface area contributed by atoms with E-state index in [4.69, 9.17) is 0 Å². The Kier molecular flexibility index (Phi) is 2.98. The lowest BCUT2D eigenvalue weighted by atomic mass is 10.0. The van der Waals surface area contributed by atoms with Gasteiger partial charge in [-0.25, -0.2) is 8.78 Å². The first-order valence-corrected chi connectivity index (χ1v) is 8.39. The van der Waals surface area contributed by atoms with Gasteiger partial charge in [-0.3, -0.25) is 9.78 Å². The Morgan fingerprint density at radius 1 is 1.08 bits per heavy atom. The molecule has 2 aromatic heterocycles. The fourth-order valence-electron chi connectivity index (χ4n) is 3.73. The van der Waals surface area contributed by atoms with Crippen LogP contribution in [0.1, 0.15) is 23.3 Å². The second kappa shape index (κ2) is 5.12. The van der Waals surface area contributed by atoms with Crippen LogP contribution in [0.4, 0.5) is 8.78 Å². The summed E-state index contributed by atoms with van der Waals surface area (Å²) in [5, 5.41) is 0. The van der Waals surface area contributed by atoms with Crippen molar-refractivity contribution in [3.05, 3.63) is 53.9 Å². The molecule has 0 unspecified atom stereocenters. The third kappa shape index (κ3) is 2.10. The molecule has 25 heavy (non-hydrogen) atoms. The maximum absolute atomic E-state index is 13.8. The van der Waals surface area contributed by atoms with Crippen molar-refractivity contribution in [1.29, 1.82) is 0 Å². The summed E-state index contributed by atoms with van der Waals surface area (Å²) in [6.45, 7) is 1.36. The quantitative estimate of drug-likeness (QED) is 0.715. The minimum absolute atomic E-state index is 0.0496. The second-order valence-electron chi connectivity index (χ2n) is 6.60. The Balaban J connectivity index is 1.80. The lowest BCUT2D eigenvalue weighted by Crippen LogP contribution is -2.41. The highest BCUT2D eigenvalue weighted by Crippen LogP contribution is 2.39. The molecule has 0 bridgehead atoms. The van der Waals surface area contributed by atoms with Gasteiger partial charge in [-0.15, -0.1) is 0 Å². The number of fused-ring (bicyclic) bond motifs is 3. The third-order valence-electron chi connectivity index (χ3n) is 5.04. The second-order valence-corrected chi connectivity index (χ2v) is 6.60. The van der Waals surface area contributed by atoms with Crippen LogP contribution < -0.4 is 0 Å². The Morgan fingerprint density at radius 2 is 1.92 bits per heavy atom.